The van der Waals surface area contributed by atoms with E-state index in [9.17, 15) is 5.11 Å². The molecule has 3 unspecified atom stereocenters. The van der Waals surface area contributed by atoms with Crippen molar-refractivity contribution in [2.24, 2.45) is 11.8 Å². The molecule has 0 aliphatic heterocycles. The van der Waals surface area contributed by atoms with Crippen LogP contribution in [0.4, 0.5) is 0 Å². The molecule has 76 valence electrons. The van der Waals surface area contributed by atoms with Crippen LogP contribution in [-0.2, 0) is 0 Å². The van der Waals surface area contributed by atoms with Crippen molar-refractivity contribution in [3.63, 3.8) is 0 Å². The van der Waals surface area contributed by atoms with Gasteiger partial charge in [0, 0.05) is 0 Å². The first kappa shape index (κ1) is 10.8. The van der Waals surface area contributed by atoms with Crippen LogP contribution in [0.15, 0.2) is 11.6 Å². The van der Waals surface area contributed by atoms with Gasteiger partial charge in [0.15, 0.2) is 0 Å². The Kier molecular flexibility index (Phi) is 3.18. The van der Waals surface area contributed by atoms with Crippen molar-refractivity contribution < 1.29 is 5.11 Å². The number of hydrogen-bond donors (Lipinski definition) is 1. The van der Waals surface area contributed by atoms with E-state index in [0.29, 0.717) is 11.8 Å². The average molecular weight is 182 g/mol. The minimum Gasteiger partial charge on any atom is -0.386 e. The van der Waals surface area contributed by atoms with Gasteiger partial charge in [-0.25, -0.2) is 0 Å². The molecular weight excluding hydrogens is 160 g/mol. The molecule has 1 N–H and O–H groups in total. The van der Waals surface area contributed by atoms with Gasteiger partial charge in [0.05, 0.1) is 5.60 Å². The molecule has 13 heavy (non-hydrogen) atoms. The Morgan fingerprint density at radius 1 is 1.31 bits per heavy atom. The standard InChI is InChI=1S/C12H22O/c1-9(2)7-12(13)8-10(3)5-6-11(12)4/h7,10-11,13H,5-6,8H2,1-4H3. The van der Waals surface area contributed by atoms with E-state index in [-0.39, 0.29) is 0 Å². The van der Waals surface area contributed by atoms with Crippen LogP contribution in [0.1, 0.15) is 47.0 Å². The zero-order chi connectivity index (χ0) is 10.1. The molecule has 1 aliphatic rings. The first-order valence-electron chi connectivity index (χ1n) is 5.32. The van der Waals surface area contributed by atoms with Gasteiger partial charge in [-0.15, -0.1) is 0 Å². The summed E-state index contributed by atoms with van der Waals surface area (Å²) < 4.78 is 0. The molecule has 3 atom stereocenters. The Morgan fingerprint density at radius 3 is 2.46 bits per heavy atom. The minimum atomic E-state index is -0.531. The lowest BCUT2D eigenvalue weighted by molar-refractivity contribution is -0.0149. The van der Waals surface area contributed by atoms with Crippen LogP contribution in [-0.4, -0.2) is 10.7 Å². The van der Waals surface area contributed by atoms with E-state index in [4.69, 9.17) is 0 Å². The summed E-state index contributed by atoms with van der Waals surface area (Å²) in [4.78, 5) is 0. The molecule has 1 rings (SSSR count). The second kappa shape index (κ2) is 3.83. The summed E-state index contributed by atoms with van der Waals surface area (Å²) in [5.74, 6) is 1.08. The molecule has 0 heterocycles. The molecule has 0 amide bonds. The van der Waals surface area contributed by atoms with E-state index < -0.39 is 5.60 Å². The quantitative estimate of drug-likeness (QED) is 0.618. The van der Waals surface area contributed by atoms with Crippen LogP contribution in [0.3, 0.4) is 0 Å². The van der Waals surface area contributed by atoms with Gasteiger partial charge in [-0.3, -0.25) is 0 Å². The van der Waals surface area contributed by atoms with Crippen LogP contribution in [0.5, 0.6) is 0 Å². The lowest BCUT2D eigenvalue weighted by atomic mass is 9.71. The van der Waals surface area contributed by atoms with Crippen LogP contribution < -0.4 is 0 Å². The number of aliphatic hydroxyl groups is 1. The third-order valence-electron chi connectivity index (χ3n) is 3.16. The molecule has 0 radical (unpaired) electrons. The first-order chi connectivity index (χ1) is 5.94. The highest BCUT2D eigenvalue weighted by atomic mass is 16.3. The van der Waals surface area contributed by atoms with Crippen LogP contribution in [0, 0.1) is 11.8 Å². The fourth-order valence-electron chi connectivity index (χ4n) is 2.35. The van der Waals surface area contributed by atoms with Gasteiger partial charge in [-0.1, -0.05) is 31.9 Å². The van der Waals surface area contributed by atoms with Gasteiger partial charge >= 0.3 is 0 Å². The van der Waals surface area contributed by atoms with E-state index in [1.807, 2.05) is 6.08 Å². The molecule has 1 nitrogen and oxygen atoms in total. The maximum absolute atomic E-state index is 10.4. The molecule has 1 saturated carbocycles. The van der Waals surface area contributed by atoms with Crippen LogP contribution in [0.2, 0.25) is 0 Å². The van der Waals surface area contributed by atoms with E-state index in [1.54, 1.807) is 0 Å². The normalized spacial score (nSPS) is 40.1. The van der Waals surface area contributed by atoms with Crippen LogP contribution >= 0.6 is 0 Å². The summed E-state index contributed by atoms with van der Waals surface area (Å²) in [5, 5.41) is 10.4. The average Bonchev–Trinajstić information content (AvgIpc) is 1.95. The van der Waals surface area contributed by atoms with E-state index in [1.165, 1.54) is 12.0 Å². The number of hydrogen-bond acceptors (Lipinski definition) is 1. The number of rotatable bonds is 1. The van der Waals surface area contributed by atoms with E-state index in [2.05, 4.69) is 27.7 Å². The Balaban J connectivity index is 2.78. The molecule has 0 aromatic heterocycles. The second-order valence-electron chi connectivity index (χ2n) is 5.00. The maximum atomic E-state index is 10.4. The first-order valence-corrected chi connectivity index (χ1v) is 5.32. The van der Waals surface area contributed by atoms with Gasteiger partial charge in [0.25, 0.3) is 0 Å². The summed E-state index contributed by atoms with van der Waals surface area (Å²) >= 11 is 0. The summed E-state index contributed by atoms with van der Waals surface area (Å²) in [6.45, 7) is 8.51. The molecule has 0 aromatic rings. The van der Waals surface area contributed by atoms with Crippen molar-refractivity contribution in [3.05, 3.63) is 11.6 Å². The van der Waals surface area contributed by atoms with E-state index >= 15 is 0 Å². The van der Waals surface area contributed by atoms with Gasteiger partial charge in [-0.05, 0) is 38.5 Å². The Morgan fingerprint density at radius 2 is 1.92 bits per heavy atom. The molecule has 1 heteroatoms. The Labute approximate surface area is 81.9 Å². The lowest BCUT2D eigenvalue weighted by Crippen LogP contribution is -2.40. The zero-order valence-corrected chi connectivity index (χ0v) is 9.30. The smallest absolute Gasteiger partial charge is 0.0858 e. The summed E-state index contributed by atoms with van der Waals surface area (Å²) in [6.07, 6.45) is 5.40. The van der Waals surface area contributed by atoms with Crippen LogP contribution in [0.25, 0.3) is 0 Å². The summed E-state index contributed by atoms with van der Waals surface area (Å²) in [6, 6.07) is 0. The predicted molar refractivity (Wildman–Crippen MR) is 56.6 cm³/mol. The molecular formula is C12H22O. The molecule has 0 bridgehead atoms. The highest BCUT2D eigenvalue weighted by molar-refractivity contribution is 5.10. The third-order valence-corrected chi connectivity index (χ3v) is 3.16. The molecule has 0 spiro atoms. The van der Waals surface area contributed by atoms with Crippen molar-refractivity contribution in [1.82, 2.24) is 0 Å². The van der Waals surface area contributed by atoms with Crippen molar-refractivity contribution in [2.45, 2.75) is 52.6 Å². The maximum Gasteiger partial charge on any atom is 0.0858 e. The molecule has 1 fully saturated rings. The second-order valence-corrected chi connectivity index (χ2v) is 5.00. The fourth-order valence-corrected chi connectivity index (χ4v) is 2.35. The van der Waals surface area contributed by atoms with Gasteiger partial charge < -0.3 is 5.11 Å². The minimum absolute atomic E-state index is 0.415. The van der Waals surface area contributed by atoms with E-state index in [0.717, 1.165) is 12.8 Å². The summed E-state index contributed by atoms with van der Waals surface area (Å²) in [5.41, 5.74) is 0.694. The largest absolute Gasteiger partial charge is 0.386 e. The Hall–Kier alpha value is -0.300. The van der Waals surface area contributed by atoms with Crippen molar-refractivity contribution in [3.8, 4) is 0 Å². The number of allylic oxidation sites excluding steroid dienone is 1. The van der Waals surface area contributed by atoms with Crippen molar-refractivity contribution in [1.29, 1.82) is 0 Å². The Bertz CT molecular complexity index is 203. The predicted octanol–water partition coefficient (Wildman–Crippen LogP) is 3.14. The summed E-state index contributed by atoms with van der Waals surface area (Å²) in [7, 11) is 0. The lowest BCUT2D eigenvalue weighted by Gasteiger charge is -2.39. The van der Waals surface area contributed by atoms with Gasteiger partial charge in [0.1, 0.15) is 0 Å². The fraction of sp³-hybridized carbons (Fsp3) is 0.833. The topological polar surface area (TPSA) is 20.2 Å². The monoisotopic (exact) mass is 182 g/mol. The van der Waals surface area contributed by atoms with Crippen molar-refractivity contribution >= 4 is 0 Å². The van der Waals surface area contributed by atoms with Crippen molar-refractivity contribution in [2.75, 3.05) is 0 Å². The highest BCUT2D eigenvalue weighted by Crippen LogP contribution is 2.38. The zero-order valence-electron chi connectivity index (χ0n) is 9.30. The van der Waals surface area contributed by atoms with Gasteiger partial charge in [0.2, 0.25) is 0 Å². The SMILES string of the molecule is CC(C)=CC1(O)CC(C)CCC1C. The highest BCUT2D eigenvalue weighted by Gasteiger charge is 2.36. The molecule has 0 saturated heterocycles. The molecule has 0 aromatic carbocycles. The van der Waals surface area contributed by atoms with Gasteiger partial charge in [-0.2, -0.15) is 0 Å². The molecule has 1 aliphatic carbocycles. The third kappa shape index (κ3) is 2.57.